The number of aryl methyl sites for hydroxylation is 1. The van der Waals surface area contributed by atoms with Crippen molar-refractivity contribution in [1.82, 2.24) is 4.90 Å². The topological polar surface area (TPSA) is 57.6 Å². The number of amides is 1. The third-order valence-electron chi connectivity index (χ3n) is 4.28. The highest BCUT2D eigenvalue weighted by molar-refractivity contribution is 5.78. The summed E-state index contributed by atoms with van der Waals surface area (Å²) in [5, 5.41) is 9.16. The van der Waals surface area contributed by atoms with Crippen LogP contribution in [-0.4, -0.2) is 35.0 Å². The summed E-state index contributed by atoms with van der Waals surface area (Å²) in [6.07, 6.45) is 1.93. The average Bonchev–Trinajstić information content (AvgIpc) is 2.47. The molecule has 1 fully saturated rings. The number of carboxylic acid groups (broad SMARTS) is 1. The van der Waals surface area contributed by atoms with Gasteiger partial charge in [0.25, 0.3) is 0 Å². The van der Waals surface area contributed by atoms with E-state index in [1.165, 1.54) is 12.1 Å². The van der Waals surface area contributed by atoms with Crippen molar-refractivity contribution in [1.29, 1.82) is 0 Å². The van der Waals surface area contributed by atoms with Gasteiger partial charge in [-0.3, -0.25) is 9.59 Å². The van der Waals surface area contributed by atoms with Crippen molar-refractivity contribution in [2.75, 3.05) is 13.1 Å². The van der Waals surface area contributed by atoms with E-state index < -0.39 is 11.4 Å². The number of nitrogens with zero attached hydrogens (tertiary/aromatic N) is 1. The molecule has 0 bridgehead atoms. The number of carboxylic acids is 1. The predicted octanol–water partition coefficient (Wildman–Crippen LogP) is 2.47. The van der Waals surface area contributed by atoms with Crippen LogP contribution in [0.3, 0.4) is 0 Å². The largest absolute Gasteiger partial charge is 0.481 e. The van der Waals surface area contributed by atoms with Crippen molar-refractivity contribution in [3.63, 3.8) is 0 Å². The fraction of sp³-hybridized carbons (Fsp3) is 0.500. The summed E-state index contributed by atoms with van der Waals surface area (Å²) in [6, 6.07) is 6.14. The second-order valence-electron chi connectivity index (χ2n) is 5.87. The fourth-order valence-electron chi connectivity index (χ4n) is 2.52. The molecule has 2 rings (SSSR count). The van der Waals surface area contributed by atoms with E-state index in [4.69, 9.17) is 5.11 Å². The maximum absolute atomic E-state index is 12.8. The zero-order chi connectivity index (χ0) is 15.5. The van der Waals surface area contributed by atoms with Crippen LogP contribution >= 0.6 is 0 Å². The zero-order valence-electron chi connectivity index (χ0n) is 12.1. The van der Waals surface area contributed by atoms with Gasteiger partial charge in [0.15, 0.2) is 0 Å². The van der Waals surface area contributed by atoms with Crippen molar-refractivity contribution in [3.8, 4) is 0 Å². The van der Waals surface area contributed by atoms with Crippen molar-refractivity contribution < 1.29 is 19.1 Å². The van der Waals surface area contributed by atoms with E-state index in [-0.39, 0.29) is 11.7 Å². The third-order valence-corrected chi connectivity index (χ3v) is 4.28. The lowest BCUT2D eigenvalue weighted by atomic mass is 9.80. The Morgan fingerprint density at radius 2 is 1.81 bits per heavy atom. The van der Waals surface area contributed by atoms with Gasteiger partial charge < -0.3 is 10.0 Å². The molecule has 1 aliphatic heterocycles. The molecule has 0 saturated carbocycles. The van der Waals surface area contributed by atoms with Crippen LogP contribution in [0, 0.1) is 11.2 Å². The monoisotopic (exact) mass is 293 g/mol. The standard InChI is InChI=1S/C16H20FNO3/c1-16(15(20)21)8-10-18(11-9-16)14(19)7-4-12-2-5-13(17)6-3-12/h2-3,5-6H,4,7-11H2,1H3,(H,20,21). The number of carbonyl (C=O) groups is 2. The van der Waals surface area contributed by atoms with E-state index in [0.717, 1.165) is 5.56 Å². The summed E-state index contributed by atoms with van der Waals surface area (Å²) in [6.45, 7) is 2.71. The van der Waals surface area contributed by atoms with Gasteiger partial charge in [0, 0.05) is 19.5 Å². The smallest absolute Gasteiger partial charge is 0.309 e. The Labute approximate surface area is 123 Å². The molecule has 1 aromatic rings. The van der Waals surface area contributed by atoms with Gasteiger partial charge in [-0.15, -0.1) is 0 Å². The van der Waals surface area contributed by atoms with E-state index in [1.807, 2.05) is 0 Å². The normalized spacial score (nSPS) is 17.5. The maximum Gasteiger partial charge on any atom is 0.309 e. The number of likely N-dealkylation sites (tertiary alicyclic amines) is 1. The first-order chi connectivity index (χ1) is 9.90. The highest BCUT2D eigenvalue weighted by Crippen LogP contribution is 2.31. The van der Waals surface area contributed by atoms with Gasteiger partial charge in [0.05, 0.1) is 5.41 Å². The lowest BCUT2D eigenvalue weighted by Crippen LogP contribution is -2.45. The molecule has 1 saturated heterocycles. The van der Waals surface area contributed by atoms with E-state index >= 15 is 0 Å². The molecule has 0 aliphatic carbocycles. The summed E-state index contributed by atoms with van der Waals surface area (Å²) in [5.74, 6) is -1.04. The second-order valence-corrected chi connectivity index (χ2v) is 5.87. The quantitative estimate of drug-likeness (QED) is 0.927. The Kier molecular flexibility index (Phi) is 4.60. The first kappa shape index (κ1) is 15.5. The zero-order valence-corrected chi connectivity index (χ0v) is 12.1. The summed E-state index contributed by atoms with van der Waals surface area (Å²) < 4.78 is 12.8. The summed E-state index contributed by atoms with van der Waals surface area (Å²) >= 11 is 0. The molecule has 1 N–H and O–H groups in total. The van der Waals surface area contributed by atoms with Crippen LogP contribution in [-0.2, 0) is 16.0 Å². The highest BCUT2D eigenvalue weighted by Gasteiger charge is 2.37. The Morgan fingerprint density at radius 1 is 1.24 bits per heavy atom. The minimum atomic E-state index is -0.791. The number of carbonyl (C=O) groups excluding carboxylic acids is 1. The van der Waals surface area contributed by atoms with Crippen LogP contribution in [0.1, 0.15) is 31.7 Å². The first-order valence-electron chi connectivity index (χ1n) is 7.16. The molecule has 1 aromatic carbocycles. The number of benzene rings is 1. The van der Waals surface area contributed by atoms with E-state index in [0.29, 0.717) is 38.8 Å². The number of halogens is 1. The molecule has 4 nitrogen and oxygen atoms in total. The van der Waals surface area contributed by atoms with Crippen LogP contribution in [0.2, 0.25) is 0 Å². The third kappa shape index (κ3) is 3.80. The lowest BCUT2D eigenvalue weighted by Gasteiger charge is -2.36. The lowest BCUT2D eigenvalue weighted by molar-refractivity contribution is -0.153. The van der Waals surface area contributed by atoms with Crippen LogP contribution in [0.25, 0.3) is 0 Å². The molecule has 21 heavy (non-hydrogen) atoms. The van der Waals surface area contributed by atoms with Crippen LogP contribution < -0.4 is 0 Å². The number of hydrogen-bond donors (Lipinski definition) is 1. The SMILES string of the molecule is CC1(C(=O)O)CCN(C(=O)CCc2ccc(F)cc2)CC1. The van der Waals surface area contributed by atoms with Crippen molar-refractivity contribution >= 4 is 11.9 Å². The van der Waals surface area contributed by atoms with Crippen LogP contribution in [0.15, 0.2) is 24.3 Å². The predicted molar refractivity (Wildman–Crippen MR) is 76.3 cm³/mol. The van der Waals surface area contributed by atoms with Gasteiger partial charge in [0.1, 0.15) is 5.82 Å². The Balaban J connectivity index is 1.82. The Morgan fingerprint density at radius 3 is 2.33 bits per heavy atom. The molecular weight excluding hydrogens is 273 g/mol. The van der Waals surface area contributed by atoms with Gasteiger partial charge in [-0.05, 0) is 43.9 Å². The first-order valence-corrected chi connectivity index (χ1v) is 7.16. The molecule has 114 valence electrons. The van der Waals surface area contributed by atoms with Gasteiger partial charge in [-0.1, -0.05) is 12.1 Å². The maximum atomic E-state index is 12.8. The van der Waals surface area contributed by atoms with E-state index in [2.05, 4.69) is 0 Å². The molecule has 0 aromatic heterocycles. The molecule has 0 atom stereocenters. The van der Waals surface area contributed by atoms with Gasteiger partial charge >= 0.3 is 5.97 Å². The van der Waals surface area contributed by atoms with E-state index in [1.54, 1.807) is 24.0 Å². The molecular formula is C16H20FNO3. The minimum Gasteiger partial charge on any atom is -0.481 e. The van der Waals surface area contributed by atoms with Crippen LogP contribution in [0.4, 0.5) is 4.39 Å². The summed E-state index contributed by atoms with van der Waals surface area (Å²) in [4.78, 5) is 25.0. The summed E-state index contributed by atoms with van der Waals surface area (Å²) in [5.41, 5.74) is 0.213. The highest BCUT2D eigenvalue weighted by atomic mass is 19.1. The van der Waals surface area contributed by atoms with Gasteiger partial charge in [-0.2, -0.15) is 0 Å². The molecule has 0 radical (unpaired) electrons. The van der Waals surface area contributed by atoms with Gasteiger partial charge in [0.2, 0.25) is 5.91 Å². The van der Waals surface area contributed by atoms with Crippen molar-refractivity contribution in [2.45, 2.75) is 32.6 Å². The van der Waals surface area contributed by atoms with E-state index in [9.17, 15) is 14.0 Å². The summed E-state index contributed by atoms with van der Waals surface area (Å²) in [7, 11) is 0. The van der Waals surface area contributed by atoms with Crippen molar-refractivity contribution in [3.05, 3.63) is 35.6 Å². The number of hydrogen-bond acceptors (Lipinski definition) is 2. The average molecular weight is 293 g/mol. The molecule has 0 spiro atoms. The second kappa shape index (κ2) is 6.24. The Hall–Kier alpha value is -1.91. The fourth-order valence-corrected chi connectivity index (χ4v) is 2.52. The molecule has 1 amide bonds. The molecule has 0 unspecified atom stereocenters. The molecule has 5 heteroatoms. The van der Waals surface area contributed by atoms with Crippen molar-refractivity contribution in [2.24, 2.45) is 5.41 Å². The Bertz CT molecular complexity index is 519. The van der Waals surface area contributed by atoms with Crippen LogP contribution in [0.5, 0.6) is 0 Å². The minimum absolute atomic E-state index is 0.0340. The number of rotatable bonds is 4. The molecule has 1 aliphatic rings. The number of piperidine rings is 1. The molecule has 1 heterocycles. The number of aliphatic carboxylic acids is 1. The van der Waals surface area contributed by atoms with Gasteiger partial charge in [-0.25, -0.2) is 4.39 Å².